The molecule has 0 unspecified atom stereocenters. The van der Waals surface area contributed by atoms with E-state index in [0.717, 1.165) is 36.8 Å². The summed E-state index contributed by atoms with van der Waals surface area (Å²) in [7, 11) is 1.67. The summed E-state index contributed by atoms with van der Waals surface area (Å²) in [5.41, 5.74) is 9.63. The van der Waals surface area contributed by atoms with E-state index < -0.39 is 0 Å². The van der Waals surface area contributed by atoms with E-state index >= 15 is 0 Å². The average molecular weight is 501 g/mol. The highest BCUT2D eigenvalue weighted by Crippen LogP contribution is 2.37. The lowest BCUT2D eigenvalue weighted by molar-refractivity contribution is -0.121. The maximum atomic E-state index is 12.5. The molecule has 1 aromatic rings. The number of aliphatic imine (C=N–C) groups is 1. The van der Waals surface area contributed by atoms with Crippen LogP contribution < -0.4 is 15.5 Å². The summed E-state index contributed by atoms with van der Waals surface area (Å²) < 4.78 is 5.90. The molecule has 0 radical (unpaired) electrons. The standard InChI is InChI=1S/C31H40N4O2/c1-8-10-12-24(16-15-21(3)4)26-13-11-14-27(30(26)37-7)32-28-19-29(33-31(36)25-17-18-25)34-35(23(28)6)20-22(5)9-2/h10-16,19-20,25,34H,6,8-9,17-18H2,1-5,7H3,(H,33,36)/b12-10+,22-20-,24-16+,32-28?. The quantitative estimate of drug-likeness (QED) is 0.336. The largest absolute Gasteiger partial charge is 0.494 e. The fourth-order valence-electron chi connectivity index (χ4n) is 3.66. The van der Waals surface area contributed by atoms with Gasteiger partial charge in [-0.3, -0.25) is 15.2 Å². The Morgan fingerprint density at radius 2 is 2.00 bits per heavy atom. The van der Waals surface area contributed by atoms with Crippen LogP contribution in [-0.4, -0.2) is 23.7 Å². The Bertz CT molecular complexity index is 1210. The first-order valence-corrected chi connectivity index (χ1v) is 13.0. The molecule has 6 heteroatoms. The minimum atomic E-state index is 0.0260. The number of ether oxygens (including phenoxy) is 1. The van der Waals surface area contributed by atoms with E-state index in [1.807, 2.05) is 35.5 Å². The molecule has 1 amide bonds. The van der Waals surface area contributed by atoms with Crippen molar-refractivity contribution < 1.29 is 9.53 Å². The van der Waals surface area contributed by atoms with Gasteiger partial charge in [-0.1, -0.05) is 68.0 Å². The third-order valence-electron chi connectivity index (χ3n) is 6.10. The van der Waals surface area contributed by atoms with E-state index in [2.05, 4.69) is 76.2 Å². The van der Waals surface area contributed by atoms with Crippen LogP contribution in [0.25, 0.3) is 5.57 Å². The number of nitrogens with zero attached hydrogens (tertiary/aromatic N) is 2. The number of rotatable bonds is 10. The normalized spacial score (nSPS) is 17.6. The topological polar surface area (TPSA) is 66.0 Å². The first kappa shape index (κ1) is 27.8. The van der Waals surface area contributed by atoms with E-state index in [0.29, 0.717) is 28.7 Å². The minimum absolute atomic E-state index is 0.0260. The summed E-state index contributed by atoms with van der Waals surface area (Å²) >= 11 is 0. The number of carbonyl (C=O) groups excluding carboxylic acids is 1. The maximum Gasteiger partial charge on any atom is 0.228 e. The van der Waals surface area contributed by atoms with Crippen LogP contribution in [0, 0.1) is 5.92 Å². The molecule has 196 valence electrons. The predicted molar refractivity (Wildman–Crippen MR) is 154 cm³/mol. The second kappa shape index (κ2) is 12.9. The van der Waals surface area contributed by atoms with Crippen LogP contribution in [0.1, 0.15) is 65.9 Å². The summed E-state index contributed by atoms with van der Waals surface area (Å²) in [6.07, 6.45) is 16.0. The van der Waals surface area contributed by atoms with E-state index in [4.69, 9.17) is 9.73 Å². The summed E-state index contributed by atoms with van der Waals surface area (Å²) in [5, 5.41) is 4.83. The van der Waals surface area contributed by atoms with Crippen LogP contribution >= 0.6 is 0 Å². The van der Waals surface area contributed by atoms with Gasteiger partial charge in [0, 0.05) is 23.8 Å². The zero-order valence-corrected chi connectivity index (χ0v) is 23.0. The van der Waals surface area contributed by atoms with Crippen molar-refractivity contribution in [2.75, 3.05) is 7.11 Å². The molecule has 0 saturated heterocycles. The molecule has 2 N–H and O–H groups in total. The zero-order chi connectivity index (χ0) is 26.9. The fraction of sp³-hybridized carbons (Fsp3) is 0.355. The summed E-state index contributed by atoms with van der Waals surface area (Å²) in [5.74, 6) is 1.37. The molecule has 3 rings (SSSR count). The number of carbonyl (C=O) groups is 1. The summed E-state index contributed by atoms with van der Waals surface area (Å²) in [6, 6.07) is 5.96. The Hall–Kier alpha value is -3.80. The van der Waals surface area contributed by atoms with Gasteiger partial charge in [-0.05, 0) is 58.1 Å². The predicted octanol–water partition coefficient (Wildman–Crippen LogP) is 7.10. The minimum Gasteiger partial charge on any atom is -0.494 e. The lowest BCUT2D eigenvalue weighted by atomic mass is 10.0. The number of methoxy groups -OCH3 is 1. The Morgan fingerprint density at radius 1 is 1.24 bits per heavy atom. The number of para-hydroxylation sites is 1. The summed E-state index contributed by atoms with van der Waals surface area (Å²) in [4.78, 5) is 17.5. The van der Waals surface area contributed by atoms with Crippen LogP contribution in [0.3, 0.4) is 0 Å². The molecule has 1 aliphatic heterocycles. The van der Waals surface area contributed by atoms with Crippen molar-refractivity contribution in [1.82, 2.24) is 15.8 Å². The molecule has 1 fully saturated rings. The SMILES string of the molecule is C=C1C(=Nc2cccc(C(/C=C/CC)=C/C=C(C)C)c2OC)C=C(NC(=O)C2CC2)NN1/C=C(/C)CC. The second-order valence-electron chi connectivity index (χ2n) is 9.61. The molecule has 2 aliphatic rings. The maximum absolute atomic E-state index is 12.5. The number of amides is 1. The zero-order valence-electron chi connectivity index (χ0n) is 23.0. The van der Waals surface area contributed by atoms with Crippen molar-refractivity contribution in [2.45, 2.75) is 60.3 Å². The van der Waals surface area contributed by atoms with E-state index in [-0.39, 0.29) is 11.8 Å². The van der Waals surface area contributed by atoms with Crippen molar-refractivity contribution in [1.29, 1.82) is 0 Å². The van der Waals surface area contributed by atoms with Gasteiger partial charge in [-0.2, -0.15) is 0 Å². The Balaban J connectivity index is 2.09. The number of hydrogen-bond acceptors (Lipinski definition) is 5. The third-order valence-corrected chi connectivity index (χ3v) is 6.10. The number of benzene rings is 1. The molecule has 6 nitrogen and oxygen atoms in total. The van der Waals surface area contributed by atoms with E-state index in [1.165, 1.54) is 11.1 Å². The van der Waals surface area contributed by atoms with E-state index in [1.54, 1.807) is 7.11 Å². The molecule has 0 atom stereocenters. The lowest BCUT2D eigenvalue weighted by Crippen LogP contribution is -2.45. The lowest BCUT2D eigenvalue weighted by Gasteiger charge is -2.31. The number of allylic oxidation sites excluding steroid dienone is 8. The molecule has 1 heterocycles. The molecular weight excluding hydrogens is 460 g/mol. The van der Waals surface area contributed by atoms with Gasteiger partial charge in [0.05, 0.1) is 18.5 Å². The van der Waals surface area contributed by atoms with Crippen LogP contribution in [0.15, 0.2) is 89.0 Å². The highest BCUT2D eigenvalue weighted by Gasteiger charge is 2.31. The number of hydrogen-bond donors (Lipinski definition) is 2. The first-order valence-electron chi connectivity index (χ1n) is 13.0. The molecule has 0 aromatic heterocycles. The smallest absolute Gasteiger partial charge is 0.228 e. The molecule has 1 aromatic carbocycles. The molecular formula is C31H40N4O2. The first-order chi connectivity index (χ1) is 17.8. The van der Waals surface area contributed by atoms with Gasteiger partial charge in [-0.15, -0.1) is 0 Å². The van der Waals surface area contributed by atoms with Gasteiger partial charge in [0.2, 0.25) is 5.91 Å². The van der Waals surface area contributed by atoms with Crippen LogP contribution in [0.5, 0.6) is 5.75 Å². The van der Waals surface area contributed by atoms with Gasteiger partial charge < -0.3 is 10.1 Å². The van der Waals surface area contributed by atoms with Crippen molar-refractivity contribution >= 4 is 22.9 Å². The Morgan fingerprint density at radius 3 is 2.62 bits per heavy atom. The second-order valence-corrected chi connectivity index (χ2v) is 9.61. The highest BCUT2D eigenvalue weighted by atomic mass is 16.5. The molecule has 0 bridgehead atoms. The van der Waals surface area contributed by atoms with Crippen molar-refractivity contribution in [3.05, 3.63) is 89.6 Å². The highest BCUT2D eigenvalue weighted by molar-refractivity contribution is 6.10. The number of hydrazine groups is 1. The van der Waals surface area contributed by atoms with Crippen LogP contribution in [0.2, 0.25) is 0 Å². The van der Waals surface area contributed by atoms with Gasteiger partial charge in [-0.25, -0.2) is 4.99 Å². The van der Waals surface area contributed by atoms with Crippen molar-refractivity contribution in [3.8, 4) is 5.75 Å². The van der Waals surface area contributed by atoms with Crippen molar-refractivity contribution in [3.63, 3.8) is 0 Å². The summed E-state index contributed by atoms with van der Waals surface area (Å²) in [6.45, 7) is 14.7. The molecule has 0 spiro atoms. The van der Waals surface area contributed by atoms with Gasteiger partial charge in [0.15, 0.2) is 5.75 Å². The van der Waals surface area contributed by atoms with E-state index in [9.17, 15) is 4.79 Å². The van der Waals surface area contributed by atoms with Crippen LogP contribution in [-0.2, 0) is 4.79 Å². The monoisotopic (exact) mass is 500 g/mol. The van der Waals surface area contributed by atoms with Gasteiger partial charge in [0.1, 0.15) is 11.5 Å². The molecule has 1 aliphatic carbocycles. The third kappa shape index (κ3) is 7.59. The Kier molecular flexibility index (Phi) is 9.72. The number of nitrogens with one attached hydrogen (secondary N) is 2. The molecule has 1 saturated carbocycles. The van der Waals surface area contributed by atoms with Gasteiger partial charge in [0.25, 0.3) is 0 Å². The Labute approximate surface area is 221 Å². The average Bonchev–Trinajstić information content (AvgIpc) is 3.72. The van der Waals surface area contributed by atoms with Crippen LogP contribution in [0.4, 0.5) is 5.69 Å². The van der Waals surface area contributed by atoms with Crippen molar-refractivity contribution in [2.24, 2.45) is 10.9 Å². The molecule has 37 heavy (non-hydrogen) atoms. The fourth-order valence-corrected chi connectivity index (χ4v) is 3.66. The van der Waals surface area contributed by atoms with Gasteiger partial charge >= 0.3 is 0 Å².